The van der Waals surface area contributed by atoms with Crippen LogP contribution in [0.4, 0.5) is 5.13 Å². The SMILES string of the molecule is CNC(C)c1ccccc1Sc1nnc(N(C)C)s1. The summed E-state index contributed by atoms with van der Waals surface area (Å²) in [5.74, 6) is 0. The number of benzene rings is 1. The highest BCUT2D eigenvalue weighted by molar-refractivity contribution is 8.01. The van der Waals surface area contributed by atoms with Crippen LogP contribution in [0, 0.1) is 0 Å². The Balaban J connectivity index is 2.22. The number of anilines is 1. The van der Waals surface area contributed by atoms with Crippen molar-refractivity contribution in [3.8, 4) is 0 Å². The second kappa shape index (κ2) is 6.36. The number of hydrogen-bond donors (Lipinski definition) is 1. The van der Waals surface area contributed by atoms with Gasteiger partial charge in [0.2, 0.25) is 5.13 Å². The lowest BCUT2D eigenvalue weighted by Gasteiger charge is -2.14. The van der Waals surface area contributed by atoms with Gasteiger partial charge in [-0.05, 0) is 25.6 Å². The Labute approximate surface area is 122 Å². The first-order chi connectivity index (χ1) is 9.11. The van der Waals surface area contributed by atoms with Gasteiger partial charge >= 0.3 is 0 Å². The molecular weight excluding hydrogens is 276 g/mol. The monoisotopic (exact) mass is 294 g/mol. The topological polar surface area (TPSA) is 41.1 Å². The van der Waals surface area contributed by atoms with E-state index >= 15 is 0 Å². The van der Waals surface area contributed by atoms with Gasteiger partial charge in [-0.15, -0.1) is 10.2 Å². The largest absolute Gasteiger partial charge is 0.353 e. The lowest BCUT2D eigenvalue weighted by molar-refractivity contribution is 0.641. The van der Waals surface area contributed by atoms with E-state index in [1.165, 1.54) is 10.5 Å². The molecule has 0 fully saturated rings. The van der Waals surface area contributed by atoms with Crippen LogP contribution in [0.2, 0.25) is 0 Å². The van der Waals surface area contributed by atoms with Crippen molar-refractivity contribution in [2.24, 2.45) is 0 Å². The molecule has 0 spiro atoms. The number of rotatable bonds is 5. The number of nitrogens with one attached hydrogen (secondary N) is 1. The fourth-order valence-electron chi connectivity index (χ4n) is 1.61. The zero-order chi connectivity index (χ0) is 13.8. The number of nitrogens with zero attached hydrogens (tertiary/aromatic N) is 3. The molecule has 0 aliphatic carbocycles. The Morgan fingerprint density at radius 2 is 2.00 bits per heavy atom. The van der Waals surface area contributed by atoms with Crippen molar-refractivity contribution in [1.29, 1.82) is 0 Å². The molecule has 19 heavy (non-hydrogen) atoms. The van der Waals surface area contributed by atoms with Crippen LogP contribution in [-0.4, -0.2) is 31.3 Å². The third kappa shape index (κ3) is 3.46. The maximum absolute atomic E-state index is 4.23. The molecule has 2 aromatic rings. The molecule has 0 radical (unpaired) electrons. The van der Waals surface area contributed by atoms with Crippen molar-refractivity contribution < 1.29 is 0 Å². The predicted molar refractivity (Wildman–Crippen MR) is 82.3 cm³/mol. The minimum Gasteiger partial charge on any atom is -0.353 e. The molecular formula is C13H18N4S2. The third-order valence-corrected chi connectivity index (χ3v) is 5.03. The van der Waals surface area contributed by atoms with Gasteiger partial charge in [0, 0.05) is 25.0 Å². The minimum absolute atomic E-state index is 0.324. The van der Waals surface area contributed by atoms with Crippen LogP contribution in [-0.2, 0) is 0 Å². The van der Waals surface area contributed by atoms with E-state index in [4.69, 9.17) is 0 Å². The van der Waals surface area contributed by atoms with E-state index in [1.54, 1.807) is 23.1 Å². The van der Waals surface area contributed by atoms with Gasteiger partial charge in [0.1, 0.15) is 0 Å². The van der Waals surface area contributed by atoms with Gasteiger partial charge in [0.05, 0.1) is 0 Å². The smallest absolute Gasteiger partial charge is 0.208 e. The van der Waals surface area contributed by atoms with E-state index in [1.807, 2.05) is 26.0 Å². The molecule has 0 bridgehead atoms. The van der Waals surface area contributed by atoms with Crippen molar-refractivity contribution in [3.63, 3.8) is 0 Å². The summed E-state index contributed by atoms with van der Waals surface area (Å²) < 4.78 is 0.972. The summed E-state index contributed by atoms with van der Waals surface area (Å²) in [5, 5.41) is 12.6. The first kappa shape index (κ1) is 14.3. The molecule has 2 rings (SSSR count). The summed E-state index contributed by atoms with van der Waals surface area (Å²) in [7, 11) is 5.93. The summed E-state index contributed by atoms with van der Waals surface area (Å²) in [4.78, 5) is 3.20. The summed E-state index contributed by atoms with van der Waals surface area (Å²) >= 11 is 3.28. The quantitative estimate of drug-likeness (QED) is 0.918. The summed E-state index contributed by atoms with van der Waals surface area (Å²) in [6.07, 6.45) is 0. The van der Waals surface area contributed by atoms with Crippen molar-refractivity contribution in [2.75, 3.05) is 26.0 Å². The Kier molecular flexibility index (Phi) is 4.79. The van der Waals surface area contributed by atoms with Crippen LogP contribution in [0.15, 0.2) is 33.5 Å². The Bertz CT molecular complexity index is 539. The molecule has 0 saturated carbocycles. The standard InChI is InChI=1S/C13H18N4S2/c1-9(14-2)10-7-5-6-8-11(10)18-13-16-15-12(19-13)17(3)4/h5-9,14H,1-4H3. The average molecular weight is 294 g/mol. The maximum atomic E-state index is 4.23. The fourth-order valence-corrected chi connectivity index (χ4v) is 3.55. The predicted octanol–water partition coefficient (Wildman–Crippen LogP) is 3.04. The van der Waals surface area contributed by atoms with Crippen LogP contribution < -0.4 is 10.2 Å². The van der Waals surface area contributed by atoms with Gasteiger partial charge in [-0.1, -0.05) is 41.3 Å². The van der Waals surface area contributed by atoms with Crippen LogP contribution in [0.3, 0.4) is 0 Å². The van der Waals surface area contributed by atoms with Crippen molar-refractivity contribution in [3.05, 3.63) is 29.8 Å². The van der Waals surface area contributed by atoms with E-state index in [-0.39, 0.29) is 0 Å². The van der Waals surface area contributed by atoms with Crippen LogP contribution >= 0.6 is 23.1 Å². The van der Waals surface area contributed by atoms with Crippen molar-refractivity contribution in [1.82, 2.24) is 15.5 Å². The highest BCUT2D eigenvalue weighted by Crippen LogP contribution is 2.36. The van der Waals surface area contributed by atoms with Gasteiger partial charge < -0.3 is 10.2 Å². The minimum atomic E-state index is 0.324. The highest BCUT2D eigenvalue weighted by atomic mass is 32.2. The first-order valence-corrected chi connectivity index (χ1v) is 7.70. The van der Waals surface area contributed by atoms with Crippen LogP contribution in [0.5, 0.6) is 0 Å². The van der Waals surface area contributed by atoms with E-state index in [2.05, 4.69) is 46.7 Å². The molecule has 0 aliphatic rings. The normalized spacial score (nSPS) is 12.4. The van der Waals surface area contributed by atoms with E-state index in [0.29, 0.717) is 6.04 Å². The fraction of sp³-hybridized carbons (Fsp3) is 0.385. The second-order valence-corrected chi connectivity index (χ2v) is 6.64. The van der Waals surface area contributed by atoms with Gasteiger partial charge in [-0.25, -0.2) is 0 Å². The van der Waals surface area contributed by atoms with E-state index in [0.717, 1.165) is 9.47 Å². The Hall–Kier alpha value is -1.11. The molecule has 4 nitrogen and oxygen atoms in total. The van der Waals surface area contributed by atoms with E-state index < -0.39 is 0 Å². The summed E-state index contributed by atoms with van der Waals surface area (Å²) in [5.41, 5.74) is 1.29. The van der Waals surface area contributed by atoms with Gasteiger partial charge in [0.25, 0.3) is 0 Å². The molecule has 1 heterocycles. The molecule has 0 aliphatic heterocycles. The van der Waals surface area contributed by atoms with Crippen LogP contribution in [0.25, 0.3) is 0 Å². The van der Waals surface area contributed by atoms with Crippen molar-refractivity contribution in [2.45, 2.75) is 22.2 Å². The second-order valence-electron chi connectivity index (χ2n) is 4.40. The molecule has 1 unspecified atom stereocenters. The van der Waals surface area contributed by atoms with Gasteiger partial charge in [-0.3, -0.25) is 0 Å². The average Bonchev–Trinajstić information content (AvgIpc) is 2.87. The summed E-state index contributed by atoms with van der Waals surface area (Å²) in [6.45, 7) is 2.16. The molecule has 1 atom stereocenters. The highest BCUT2D eigenvalue weighted by Gasteiger charge is 2.12. The molecule has 102 valence electrons. The van der Waals surface area contributed by atoms with Crippen LogP contribution in [0.1, 0.15) is 18.5 Å². The Morgan fingerprint density at radius 3 is 2.63 bits per heavy atom. The van der Waals surface area contributed by atoms with Gasteiger partial charge in [-0.2, -0.15) is 0 Å². The lowest BCUT2D eigenvalue weighted by atomic mass is 10.1. The molecule has 1 aromatic heterocycles. The van der Waals surface area contributed by atoms with Crippen molar-refractivity contribution >= 4 is 28.2 Å². The molecule has 0 saturated heterocycles. The zero-order valence-corrected chi connectivity index (χ0v) is 13.2. The zero-order valence-electron chi connectivity index (χ0n) is 11.5. The maximum Gasteiger partial charge on any atom is 0.208 e. The van der Waals surface area contributed by atoms with Gasteiger partial charge in [0.15, 0.2) is 4.34 Å². The van der Waals surface area contributed by atoms with E-state index in [9.17, 15) is 0 Å². The third-order valence-electron chi connectivity index (χ3n) is 2.79. The molecule has 0 amide bonds. The number of hydrogen-bond acceptors (Lipinski definition) is 6. The first-order valence-electron chi connectivity index (χ1n) is 6.06. The summed E-state index contributed by atoms with van der Waals surface area (Å²) in [6, 6.07) is 8.73. The Morgan fingerprint density at radius 1 is 1.26 bits per heavy atom. The lowest BCUT2D eigenvalue weighted by Crippen LogP contribution is -2.12. The molecule has 1 N–H and O–H groups in total. The molecule has 1 aromatic carbocycles. The number of aromatic nitrogens is 2. The molecule has 6 heteroatoms.